The van der Waals surface area contributed by atoms with E-state index in [2.05, 4.69) is 15.0 Å². The lowest BCUT2D eigenvalue weighted by Crippen LogP contribution is -2.26. The van der Waals surface area contributed by atoms with Crippen molar-refractivity contribution < 1.29 is 0 Å². The monoisotopic (exact) mass is 278 g/mol. The van der Waals surface area contributed by atoms with E-state index in [1.54, 1.807) is 4.57 Å². The van der Waals surface area contributed by atoms with Crippen LogP contribution >= 0.6 is 11.6 Å². The van der Waals surface area contributed by atoms with E-state index in [4.69, 9.17) is 11.6 Å². The van der Waals surface area contributed by atoms with Gasteiger partial charge in [-0.25, -0.2) is 15.0 Å². The van der Waals surface area contributed by atoms with E-state index in [9.17, 15) is 4.79 Å². The number of hydrogen-bond acceptors (Lipinski definition) is 4. The summed E-state index contributed by atoms with van der Waals surface area (Å²) in [5.41, 5.74) is 0.960. The molecule has 0 saturated heterocycles. The van der Waals surface area contributed by atoms with Crippen LogP contribution in [0.25, 0.3) is 11.2 Å². The summed E-state index contributed by atoms with van der Waals surface area (Å²) in [5, 5.41) is 0.298. The van der Waals surface area contributed by atoms with E-state index in [1.807, 2.05) is 0 Å². The van der Waals surface area contributed by atoms with Crippen molar-refractivity contribution in [1.29, 1.82) is 0 Å². The Morgan fingerprint density at radius 2 is 1.84 bits per heavy atom. The van der Waals surface area contributed by atoms with Gasteiger partial charge < -0.3 is 0 Å². The Bertz CT molecular complexity index is 647. The molecule has 0 aliphatic heterocycles. The van der Waals surface area contributed by atoms with E-state index in [-0.39, 0.29) is 11.6 Å². The second kappa shape index (κ2) is 5.25. The summed E-state index contributed by atoms with van der Waals surface area (Å²) in [6, 6.07) is 0.200. The van der Waals surface area contributed by atoms with Gasteiger partial charge in [-0.1, -0.05) is 37.3 Å². The molecule has 2 aromatic heterocycles. The number of hydrogen-bond donors (Lipinski definition) is 0. The molecular weight excluding hydrogens is 264 g/mol. The van der Waals surface area contributed by atoms with Crippen LogP contribution in [0.4, 0.5) is 0 Å². The highest BCUT2D eigenvalue weighted by Gasteiger charge is 2.19. The molecule has 0 bridgehead atoms. The van der Waals surface area contributed by atoms with Gasteiger partial charge in [-0.05, 0) is 12.8 Å². The third-order valence-electron chi connectivity index (χ3n) is 3.72. The topological polar surface area (TPSA) is 60.7 Å². The van der Waals surface area contributed by atoms with E-state index >= 15 is 0 Å². The van der Waals surface area contributed by atoms with Crippen molar-refractivity contribution in [3.63, 3.8) is 0 Å². The number of halogens is 1. The lowest BCUT2D eigenvalue weighted by atomic mass is 10.1. The molecule has 19 heavy (non-hydrogen) atoms. The first kappa shape index (κ1) is 12.5. The van der Waals surface area contributed by atoms with Crippen molar-refractivity contribution in [2.75, 3.05) is 0 Å². The molecule has 3 rings (SSSR count). The Labute approximate surface area is 115 Å². The van der Waals surface area contributed by atoms with E-state index in [0.29, 0.717) is 16.3 Å². The first-order chi connectivity index (χ1) is 9.27. The molecule has 0 amide bonds. The van der Waals surface area contributed by atoms with E-state index in [1.165, 1.54) is 25.4 Å². The van der Waals surface area contributed by atoms with E-state index < -0.39 is 0 Å². The van der Waals surface area contributed by atoms with Crippen molar-refractivity contribution in [2.24, 2.45) is 0 Å². The second-order valence-electron chi connectivity index (χ2n) is 4.95. The fourth-order valence-electron chi connectivity index (χ4n) is 2.79. The maximum atomic E-state index is 12.2. The highest BCUT2D eigenvalue weighted by Crippen LogP contribution is 2.28. The number of fused-ring (bicyclic) bond motifs is 1. The third-order valence-corrected chi connectivity index (χ3v) is 3.99. The summed E-state index contributed by atoms with van der Waals surface area (Å²) >= 11 is 6.02. The van der Waals surface area contributed by atoms with Gasteiger partial charge >= 0.3 is 0 Å². The Morgan fingerprint density at radius 3 is 2.58 bits per heavy atom. The molecule has 2 heterocycles. The molecule has 0 atom stereocenters. The van der Waals surface area contributed by atoms with E-state index in [0.717, 1.165) is 25.7 Å². The maximum absolute atomic E-state index is 12.2. The van der Waals surface area contributed by atoms with Crippen molar-refractivity contribution in [2.45, 2.75) is 44.6 Å². The summed E-state index contributed by atoms with van der Waals surface area (Å²) in [6.45, 7) is 0. The SMILES string of the molecule is O=c1cnc2c(Cl)ncnc2n1C1CCCCCC1. The van der Waals surface area contributed by atoms with Crippen molar-refractivity contribution in [1.82, 2.24) is 19.5 Å². The standard InChI is InChI=1S/C13H15ClN4O/c14-12-11-13(17-8-16-12)18(10(19)7-15-11)9-5-3-1-2-4-6-9/h7-9H,1-6H2. The summed E-state index contributed by atoms with van der Waals surface area (Å²) < 4.78 is 1.75. The van der Waals surface area contributed by atoms with Gasteiger partial charge in [-0.3, -0.25) is 9.36 Å². The van der Waals surface area contributed by atoms with Crippen LogP contribution in [0.15, 0.2) is 17.3 Å². The van der Waals surface area contributed by atoms with Gasteiger partial charge in [0.15, 0.2) is 10.8 Å². The predicted molar refractivity (Wildman–Crippen MR) is 73.3 cm³/mol. The largest absolute Gasteiger partial charge is 0.287 e. The smallest absolute Gasteiger partial charge is 0.270 e. The number of nitrogens with zero attached hydrogens (tertiary/aromatic N) is 4. The van der Waals surface area contributed by atoms with Crippen molar-refractivity contribution in [3.05, 3.63) is 28.0 Å². The fraction of sp³-hybridized carbons (Fsp3) is 0.538. The molecule has 0 radical (unpaired) electrons. The normalized spacial score (nSPS) is 17.5. The van der Waals surface area contributed by atoms with Crippen LogP contribution in [0.3, 0.4) is 0 Å². The number of rotatable bonds is 1. The molecule has 0 unspecified atom stereocenters. The van der Waals surface area contributed by atoms with Gasteiger partial charge in [-0.15, -0.1) is 0 Å². The summed E-state index contributed by atoms with van der Waals surface area (Å²) in [6.07, 6.45) is 9.52. The molecular formula is C13H15ClN4O. The fourth-order valence-corrected chi connectivity index (χ4v) is 2.97. The lowest BCUT2D eigenvalue weighted by molar-refractivity contribution is 0.441. The van der Waals surface area contributed by atoms with Gasteiger partial charge in [0.1, 0.15) is 11.8 Å². The molecule has 5 nitrogen and oxygen atoms in total. The minimum absolute atomic E-state index is 0.103. The Kier molecular flexibility index (Phi) is 3.46. The van der Waals surface area contributed by atoms with Gasteiger partial charge in [0.05, 0.1) is 6.20 Å². The lowest BCUT2D eigenvalue weighted by Gasteiger charge is -2.18. The molecule has 100 valence electrons. The molecule has 1 aliphatic rings. The summed E-state index contributed by atoms with van der Waals surface area (Å²) in [7, 11) is 0. The van der Waals surface area contributed by atoms with Gasteiger partial charge in [-0.2, -0.15) is 0 Å². The van der Waals surface area contributed by atoms with Crippen LogP contribution in [-0.4, -0.2) is 19.5 Å². The molecule has 1 saturated carbocycles. The second-order valence-corrected chi connectivity index (χ2v) is 5.31. The summed E-state index contributed by atoms with van der Waals surface area (Å²) in [5.74, 6) is 0. The minimum atomic E-state index is -0.103. The van der Waals surface area contributed by atoms with Crippen molar-refractivity contribution >= 4 is 22.8 Å². The average molecular weight is 279 g/mol. The predicted octanol–water partition coefficient (Wildman–Crippen LogP) is 2.74. The average Bonchev–Trinajstić information content (AvgIpc) is 2.67. The first-order valence-corrected chi connectivity index (χ1v) is 7.03. The van der Waals surface area contributed by atoms with Gasteiger partial charge in [0.25, 0.3) is 5.56 Å². The minimum Gasteiger partial charge on any atom is -0.287 e. The van der Waals surface area contributed by atoms with Crippen LogP contribution in [0.1, 0.15) is 44.6 Å². The molecule has 0 N–H and O–H groups in total. The van der Waals surface area contributed by atoms with Gasteiger partial charge in [0.2, 0.25) is 0 Å². The van der Waals surface area contributed by atoms with Crippen LogP contribution in [0.5, 0.6) is 0 Å². The first-order valence-electron chi connectivity index (χ1n) is 6.65. The molecule has 0 spiro atoms. The molecule has 2 aromatic rings. The molecule has 1 aliphatic carbocycles. The summed E-state index contributed by atoms with van der Waals surface area (Å²) in [4.78, 5) is 24.4. The van der Waals surface area contributed by atoms with Gasteiger partial charge in [0, 0.05) is 6.04 Å². The highest BCUT2D eigenvalue weighted by atomic mass is 35.5. The number of aromatic nitrogens is 4. The van der Waals surface area contributed by atoms with Crippen LogP contribution in [0.2, 0.25) is 5.15 Å². The Balaban J connectivity index is 2.18. The van der Waals surface area contributed by atoms with Crippen molar-refractivity contribution in [3.8, 4) is 0 Å². The Morgan fingerprint density at radius 1 is 1.11 bits per heavy atom. The van der Waals surface area contributed by atoms with Crippen LogP contribution in [-0.2, 0) is 0 Å². The quantitative estimate of drug-likeness (QED) is 0.594. The van der Waals surface area contributed by atoms with Crippen LogP contribution in [0, 0.1) is 0 Å². The zero-order valence-electron chi connectivity index (χ0n) is 10.5. The molecule has 0 aromatic carbocycles. The third kappa shape index (κ3) is 2.34. The highest BCUT2D eigenvalue weighted by molar-refractivity contribution is 6.33. The molecule has 1 fully saturated rings. The molecule has 6 heteroatoms. The zero-order chi connectivity index (χ0) is 13.2. The zero-order valence-corrected chi connectivity index (χ0v) is 11.3. The maximum Gasteiger partial charge on any atom is 0.270 e. The van der Waals surface area contributed by atoms with Crippen LogP contribution < -0.4 is 5.56 Å². The Hall–Kier alpha value is -1.49.